The van der Waals surface area contributed by atoms with Gasteiger partial charge in [0, 0.05) is 156 Å². The SMILES string of the molecule is CC(C)N1CCC(O)C1.CC(C)N1CCC(Oc2ccc(B3OC(C)(C)C(C)(C)O3)cc2C#N)C1.CC(C)N1CCC(Oc2ccc(Br)cc2C#N)C1.COc1cc(C(=O)N(C)C)cnc1-c1cc2nccc(-c3ccc(OC4CCN(C(C)C)C4)c(C#N)c3)c2o1.Cc1cc(C(=O)N(C)C)cnc1-c1cc2nccc(Cl)c2o1.N#Cc1cc(Br)ccc1F.[2H][B]P. The number of hydrogen-bond acceptors (Lipinski definition) is 23. The normalized spacial score (nSPS) is 17.7. The van der Waals surface area contributed by atoms with Crippen LogP contribution in [0.1, 0.15) is 157 Å². The lowest BCUT2D eigenvalue weighted by Gasteiger charge is -2.32. The molecule has 10 aromatic rings. The number of β-amino-alcohol motifs (C(OH)–C–C–N with tert-alkyl or cyclic N) is 1. The minimum Gasteiger partial charge on any atom is -0.494 e. The van der Waals surface area contributed by atoms with E-state index in [2.05, 4.69) is 154 Å². The number of pyridine rings is 4. The lowest BCUT2D eigenvalue weighted by molar-refractivity contribution is 0.00578. The van der Waals surface area contributed by atoms with Crippen LogP contribution in [0.25, 0.3) is 56.2 Å². The number of aliphatic hydroxyl groups excluding tert-OH is 1. The van der Waals surface area contributed by atoms with Gasteiger partial charge in [-0.1, -0.05) is 55.6 Å². The molecule has 5 unspecified atom stereocenters. The predicted octanol–water partition coefficient (Wildman–Crippen LogP) is 17.1. The van der Waals surface area contributed by atoms with Crippen LogP contribution in [-0.2, 0) is 9.31 Å². The van der Waals surface area contributed by atoms with Gasteiger partial charge in [0.05, 0.1) is 62.8 Å². The number of rotatable bonds is 17. The number of aryl methyl sites for hydroxylation is 1. The van der Waals surface area contributed by atoms with Gasteiger partial charge in [-0.25, -0.2) is 9.37 Å². The Bertz CT molecular complexity index is 5610. The smallest absolute Gasteiger partial charge is 0.494 e. The Morgan fingerprint density at radius 3 is 1.44 bits per heavy atom. The quantitative estimate of drug-likeness (QED) is 0.0654. The minimum absolute atomic E-state index is 0.0625. The maximum Gasteiger partial charge on any atom is 0.494 e. The first-order valence-electron chi connectivity index (χ1n) is 42.3. The van der Waals surface area contributed by atoms with E-state index in [-0.39, 0.29) is 41.8 Å². The van der Waals surface area contributed by atoms with Crippen LogP contribution in [0.2, 0.25) is 5.02 Å². The third-order valence-corrected chi connectivity index (χ3v) is 23.7. The van der Waals surface area contributed by atoms with Crippen LogP contribution in [0.4, 0.5) is 4.39 Å². The highest BCUT2D eigenvalue weighted by Crippen LogP contribution is 2.41. The van der Waals surface area contributed by atoms with Gasteiger partial charge in [-0.3, -0.25) is 44.1 Å². The molecular weight excluding hydrogens is 1770 g/mol. The average Bonchev–Trinajstić information content (AvgIpc) is 1.52. The number of likely N-dealkylation sites (tertiary alicyclic amines) is 4. The number of halogens is 4. The molecule has 15 rings (SSSR count). The van der Waals surface area contributed by atoms with Crippen molar-refractivity contribution in [2.24, 2.45) is 0 Å². The molecule has 5 aliphatic rings. The van der Waals surface area contributed by atoms with Crippen molar-refractivity contribution < 1.29 is 56.2 Å². The lowest BCUT2D eigenvalue weighted by atomic mass is 9.78. The van der Waals surface area contributed by atoms with E-state index in [1.54, 1.807) is 95.3 Å². The highest BCUT2D eigenvalue weighted by molar-refractivity contribution is 9.10. The van der Waals surface area contributed by atoms with Gasteiger partial charge in [-0.2, -0.15) is 30.2 Å². The van der Waals surface area contributed by atoms with E-state index < -0.39 is 24.1 Å². The fourth-order valence-corrected chi connectivity index (χ4v) is 15.3. The number of nitriles is 4. The molecule has 0 spiro atoms. The molecule has 2 amide bonds. The molecule has 32 heteroatoms. The molecule has 0 saturated carbocycles. The monoisotopic (exact) mass is 1880 g/mol. The molecule has 11 heterocycles. The van der Waals surface area contributed by atoms with Crippen molar-refractivity contribution in [1.82, 2.24) is 49.3 Å². The number of nitrogens with zero attached hydrogens (tertiary/aromatic N) is 14. The zero-order chi connectivity index (χ0) is 92.9. The number of aliphatic hydroxyl groups is 1. The van der Waals surface area contributed by atoms with Crippen molar-refractivity contribution >= 4 is 107 Å². The average molecular weight is 1880 g/mol. The zero-order valence-electron chi connectivity index (χ0n) is 75.8. The van der Waals surface area contributed by atoms with Gasteiger partial charge >= 0.3 is 7.12 Å². The number of furan rings is 2. The van der Waals surface area contributed by atoms with Crippen LogP contribution in [0, 0.1) is 58.1 Å². The van der Waals surface area contributed by atoms with Crippen molar-refractivity contribution in [3.8, 4) is 81.3 Å². The van der Waals surface area contributed by atoms with Crippen molar-refractivity contribution in [3.63, 3.8) is 0 Å². The molecule has 0 bridgehead atoms. The van der Waals surface area contributed by atoms with Gasteiger partial charge in [0.25, 0.3) is 11.8 Å². The third-order valence-electron chi connectivity index (χ3n) is 22.4. The molecule has 0 aliphatic carbocycles. The van der Waals surface area contributed by atoms with Gasteiger partial charge < -0.3 is 52.0 Å². The number of amides is 2. The molecule has 5 atom stereocenters. The van der Waals surface area contributed by atoms with E-state index in [1.165, 1.54) is 42.8 Å². The van der Waals surface area contributed by atoms with E-state index in [1.807, 2.05) is 89.2 Å². The number of ether oxygens (including phenoxy) is 4. The Hall–Kier alpha value is -9.88. The Kier molecular flexibility index (Phi) is 35.7. The number of methoxy groups -OCH3 is 1. The van der Waals surface area contributed by atoms with E-state index >= 15 is 0 Å². The summed E-state index contributed by atoms with van der Waals surface area (Å²) in [6.45, 7) is 35.2. The summed E-state index contributed by atoms with van der Waals surface area (Å²) in [6, 6.07) is 42.2. The first-order chi connectivity index (χ1) is 60.3. The van der Waals surface area contributed by atoms with Crippen molar-refractivity contribution in [3.05, 3.63) is 193 Å². The fourth-order valence-electron chi connectivity index (χ4n) is 14.4. The van der Waals surface area contributed by atoms with Crippen LogP contribution >= 0.6 is 52.6 Å². The number of carbonyl (C=O) groups is 2. The highest BCUT2D eigenvalue weighted by atomic mass is 79.9. The molecule has 1 N–H and O–H groups in total. The molecule has 6 aromatic heterocycles. The van der Waals surface area contributed by atoms with E-state index in [0.717, 1.165) is 105 Å². The van der Waals surface area contributed by atoms with Crippen molar-refractivity contribution in [1.29, 1.82) is 22.4 Å². The second-order valence-electron chi connectivity index (χ2n) is 33.5. The van der Waals surface area contributed by atoms with E-state index in [0.29, 0.717) is 130 Å². The van der Waals surface area contributed by atoms with Crippen LogP contribution in [0.5, 0.6) is 23.0 Å². The lowest BCUT2D eigenvalue weighted by Crippen LogP contribution is -2.41. The summed E-state index contributed by atoms with van der Waals surface area (Å²) in [4.78, 5) is 54.3. The molecule has 25 nitrogen and oxygen atoms in total. The number of hydrogen-bond donors (Lipinski definition) is 1. The van der Waals surface area contributed by atoms with Crippen molar-refractivity contribution in [2.75, 3.05) is 87.7 Å². The number of aromatic nitrogens is 4. The predicted molar refractivity (Wildman–Crippen MR) is 503 cm³/mol. The van der Waals surface area contributed by atoms with Gasteiger partial charge in [0.2, 0.25) is 0 Å². The van der Waals surface area contributed by atoms with Gasteiger partial charge in [-0.15, -0.1) is 0 Å². The Morgan fingerprint density at radius 1 is 0.579 bits per heavy atom. The molecule has 126 heavy (non-hydrogen) atoms. The summed E-state index contributed by atoms with van der Waals surface area (Å²) in [5, 5.41) is 46.5. The standard InChI is InChI=1S/C30H31N5O4.C20H29BN2O3.C16H14ClN3O2.C14H17BrN2O.C7H3BrFN.C7H15NO.BH3P/c1-18(2)35-11-9-22(17-35)38-25-7-6-19(12-20(25)15-31)23-8-10-32-24-14-27(39-29(23)24)28-26(37-5)13-21(16-33-28)30(36)34(3)4;1-14(2)23-10-9-17(13-23)24-18-8-7-16(11-15(18)12-22)21-25-19(3,4)20(5,6)26-21;1-9-6-10(16(21)20(2)3)8-19-14(9)13-7-12-15(22-13)11(17)4-5-18-12;1-10(2)17-6-5-13(9-17)18-14-4-3-12(15)7-11(14)8-16;8-6-1-2-7(9)5(3-6)4-10;1-6(2)8-4-3-7(9)5-8;1-2/h6-8,10,12-14,16,18,22H,9,11,17H2,1-5H3;7-8,11,14,17H,9-10,13H2,1-6H3;4-8H,1-3H3;3-4,7,10,13H,5-6,9H2,1-2H3;1-3H;6-7,9H,3-5H2,1-2H3;1H,2H2/i;;;;;;1D. The van der Waals surface area contributed by atoms with Gasteiger partial charge in [-0.05, 0) is 219 Å². The number of benzene rings is 4. The second-order valence-corrected chi connectivity index (χ2v) is 35.8. The van der Waals surface area contributed by atoms with Crippen LogP contribution in [-0.4, -0.2) is 230 Å². The summed E-state index contributed by atoms with van der Waals surface area (Å²) in [6.07, 6.45) is 10.6. The first-order valence-corrected chi connectivity index (χ1v) is 44.4. The van der Waals surface area contributed by atoms with Crippen LogP contribution < -0.4 is 24.4 Å². The number of carbonyl (C=O) groups excluding carboxylic acids is 2. The fraction of sp³-hybridized carbons (Fsp3) is 0.426. The van der Waals surface area contributed by atoms with E-state index in [4.69, 9.17) is 65.7 Å². The third kappa shape index (κ3) is 26.0. The zero-order valence-corrected chi connectivity index (χ0v) is 79.9. The molecular formula is C94H112B2Br2ClFN14O11P. The molecule has 5 aliphatic heterocycles. The molecule has 663 valence electrons. The molecule has 4 aromatic carbocycles. The Balaban J connectivity index is 0.000000182. The van der Waals surface area contributed by atoms with Crippen LogP contribution in [0.15, 0.2) is 152 Å². The maximum atomic E-state index is 12.5. The largest absolute Gasteiger partial charge is 0.494 e. The number of fused-ring (bicyclic) bond motifs is 2. The summed E-state index contributed by atoms with van der Waals surface area (Å²) in [5.74, 6) is 2.63. The minimum atomic E-state index is -0.481. The van der Waals surface area contributed by atoms with Gasteiger partial charge in [0.1, 0.15) is 101 Å². The molecule has 5 saturated heterocycles. The topological polar surface area (TPSA) is 302 Å². The summed E-state index contributed by atoms with van der Waals surface area (Å²) < 4.78 is 68.2. The van der Waals surface area contributed by atoms with Gasteiger partial charge in [0.15, 0.2) is 22.7 Å². The van der Waals surface area contributed by atoms with Crippen molar-refractivity contribution in [2.45, 2.75) is 175 Å². The van der Waals surface area contributed by atoms with Crippen LogP contribution in [0.3, 0.4) is 0 Å². The summed E-state index contributed by atoms with van der Waals surface area (Å²) in [5.41, 5.74) is 8.66. The van der Waals surface area contributed by atoms with E-state index in [9.17, 15) is 24.5 Å². The molecule has 1 radical (unpaired) electrons. The first kappa shape index (κ1) is 98.3. The maximum absolute atomic E-state index is 12.5. The Labute approximate surface area is 766 Å². The molecule has 5 fully saturated rings. The summed E-state index contributed by atoms with van der Waals surface area (Å²) >= 11 is 12.6. The summed E-state index contributed by atoms with van der Waals surface area (Å²) in [7, 11) is 11.1. The Morgan fingerprint density at radius 2 is 1.00 bits per heavy atom. The highest BCUT2D eigenvalue weighted by Gasteiger charge is 2.52. The second kappa shape index (κ2) is 45.7.